The molecule has 0 amide bonds. The minimum atomic E-state index is 0.125. The largest absolute Gasteiger partial charge is 0.493 e. The number of benzene rings is 1. The first-order valence-electron chi connectivity index (χ1n) is 5.66. The van der Waals surface area contributed by atoms with Gasteiger partial charge in [0.05, 0.1) is 6.61 Å². The normalized spacial score (nSPS) is 11.4. The van der Waals surface area contributed by atoms with Crippen LogP contribution in [0, 0.1) is 11.8 Å². The summed E-state index contributed by atoms with van der Waals surface area (Å²) in [6, 6.07) is 8.10. The molecule has 0 spiro atoms. The average molecular weight is 217 g/mol. The van der Waals surface area contributed by atoms with E-state index in [4.69, 9.17) is 10.5 Å². The van der Waals surface area contributed by atoms with Crippen molar-refractivity contribution in [1.29, 1.82) is 0 Å². The molecule has 1 aromatic rings. The van der Waals surface area contributed by atoms with Crippen LogP contribution in [-0.2, 0) is 0 Å². The molecule has 1 aromatic carbocycles. The van der Waals surface area contributed by atoms with Crippen molar-refractivity contribution in [3.8, 4) is 17.6 Å². The molecule has 86 valence electrons. The summed E-state index contributed by atoms with van der Waals surface area (Å²) in [5.41, 5.74) is 7.08. The van der Waals surface area contributed by atoms with Crippen molar-refractivity contribution in [2.45, 2.75) is 32.7 Å². The third kappa shape index (κ3) is 3.96. The molecule has 16 heavy (non-hydrogen) atoms. The summed E-state index contributed by atoms with van der Waals surface area (Å²) in [5.74, 6) is 6.68. The average Bonchev–Trinajstić information content (AvgIpc) is 2.34. The van der Waals surface area contributed by atoms with Crippen molar-refractivity contribution in [2.24, 2.45) is 5.73 Å². The molecular formula is C14H19NO. The molecule has 0 bridgehead atoms. The highest BCUT2D eigenvalue weighted by atomic mass is 16.5. The predicted molar refractivity (Wildman–Crippen MR) is 67.2 cm³/mol. The van der Waals surface area contributed by atoms with E-state index in [1.165, 1.54) is 0 Å². The third-order valence-corrected chi connectivity index (χ3v) is 2.42. The van der Waals surface area contributed by atoms with E-state index in [0.29, 0.717) is 6.61 Å². The molecule has 0 saturated heterocycles. The molecule has 0 aliphatic rings. The molecular weight excluding hydrogens is 198 g/mol. The van der Waals surface area contributed by atoms with Gasteiger partial charge in [-0.2, -0.15) is 0 Å². The van der Waals surface area contributed by atoms with Crippen molar-refractivity contribution in [3.05, 3.63) is 29.8 Å². The Morgan fingerprint density at radius 2 is 2.00 bits per heavy atom. The first kappa shape index (κ1) is 12.6. The molecule has 2 nitrogen and oxygen atoms in total. The van der Waals surface area contributed by atoms with Crippen LogP contribution in [0.3, 0.4) is 0 Å². The number of hydrogen-bond acceptors (Lipinski definition) is 2. The second kappa shape index (κ2) is 6.92. The molecule has 0 radical (unpaired) electrons. The fourth-order valence-corrected chi connectivity index (χ4v) is 1.39. The van der Waals surface area contributed by atoms with E-state index in [-0.39, 0.29) is 6.04 Å². The van der Waals surface area contributed by atoms with E-state index in [9.17, 15) is 0 Å². The Kier molecular flexibility index (Phi) is 5.45. The summed E-state index contributed by atoms with van der Waals surface area (Å²) >= 11 is 0. The Morgan fingerprint density at radius 3 is 2.56 bits per heavy atom. The first-order chi connectivity index (χ1) is 7.77. The molecule has 1 rings (SSSR count). The van der Waals surface area contributed by atoms with Crippen LogP contribution >= 0.6 is 0 Å². The van der Waals surface area contributed by atoms with Crippen molar-refractivity contribution >= 4 is 0 Å². The van der Waals surface area contributed by atoms with Gasteiger partial charge in [-0.05, 0) is 31.0 Å². The number of nitrogens with two attached hydrogens (primary N) is 1. The molecule has 0 saturated carbocycles. The van der Waals surface area contributed by atoms with Crippen LogP contribution < -0.4 is 10.5 Å². The molecule has 0 fully saturated rings. The molecule has 1 atom stereocenters. The Labute approximate surface area is 97.8 Å². The van der Waals surface area contributed by atoms with E-state index in [1.807, 2.05) is 31.2 Å². The van der Waals surface area contributed by atoms with Gasteiger partial charge < -0.3 is 10.5 Å². The van der Waals surface area contributed by atoms with E-state index < -0.39 is 0 Å². The lowest BCUT2D eigenvalue weighted by Crippen LogP contribution is -2.08. The van der Waals surface area contributed by atoms with Crippen LogP contribution in [0.1, 0.15) is 38.3 Å². The molecule has 1 unspecified atom stereocenters. The maximum absolute atomic E-state index is 5.92. The maximum Gasteiger partial charge on any atom is 0.119 e. The monoisotopic (exact) mass is 217 g/mol. The Morgan fingerprint density at radius 1 is 1.31 bits per heavy atom. The van der Waals surface area contributed by atoms with Gasteiger partial charge in [-0.3, -0.25) is 0 Å². The van der Waals surface area contributed by atoms with Crippen LogP contribution in [0.25, 0.3) is 0 Å². The number of ether oxygens (including phenoxy) is 1. The molecule has 0 aliphatic heterocycles. The van der Waals surface area contributed by atoms with Crippen molar-refractivity contribution < 1.29 is 4.74 Å². The van der Waals surface area contributed by atoms with Crippen molar-refractivity contribution in [2.75, 3.05) is 6.61 Å². The van der Waals surface area contributed by atoms with E-state index in [0.717, 1.165) is 24.2 Å². The summed E-state index contributed by atoms with van der Waals surface area (Å²) in [5, 5.41) is 0. The van der Waals surface area contributed by atoms with Crippen LogP contribution in [0.4, 0.5) is 0 Å². The summed E-state index contributed by atoms with van der Waals surface area (Å²) in [4.78, 5) is 0. The standard InChI is InChI=1S/C14H19NO/c1-3-5-6-11-16-13-9-7-12(8-10-13)14(15)4-2/h7-10,14H,4,6,11,15H2,1-2H3. The first-order valence-corrected chi connectivity index (χ1v) is 5.66. The van der Waals surface area contributed by atoms with E-state index in [2.05, 4.69) is 18.8 Å². The van der Waals surface area contributed by atoms with Gasteiger partial charge in [0, 0.05) is 12.5 Å². The SMILES string of the molecule is CC#CCCOc1ccc(C(N)CC)cc1. The number of rotatable bonds is 5. The van der Waals surface area contributed by atoms with Gasteiger partial charge in [-0.15, -0.1) is 11.8 Å². The highest BCUT2D eigenvalue weighted by molar-refractivity contribution is 5.29. The van der Waals surface area contributed by atoms with Gasteiger partial charge in [-0.25, -0.2) is 0 Å². The fraction of sp³-hybridized carbons (Fsp3) is 0.429. The van der Waals surface area contributed by atoms with Gasteiger partial charge >= 0.3 is 0 Å². The smallest absolute Gasteiger partial charge is 0.119 e. The number of hydrogen-bond donors (Lipinski definition) is 1. The zero-order valence-electron chi connectivity index (χ0n) is 9.99. The van der Waals surface area contributed by atoms with E-state index in [1.54, 1.807) is 0 Å². The van der Waals surface area contributed by atoms with Gasteiger partial charge in [0.1, 0.15) is 5.75 Å². The summed E-state index contributed by atoms with van der Waals surface area (Å²) in [6.45, 7) is 4.56. The van der Waals surface area contributed by atoms with Gasteiger partial charge in [0.25, 0.3) is 0 Å². The molecule has 0 aliphatic carbocycles. The Balaban J connectivity index is 2.47. The molecule has 0 aromatic heterocycles. The fourth-order valence-electron chi connectivity index (χ4n) is 1.39. The minimum Gasteiger partial charge on any atom is -0.493 e. The Bertz CT molecular complexity index is 359. The lowest BCUT2D eigenvalue weighted by molar-refractivity contribution is 0.327. The van der Waals surface area contributed by atoms with E-state index >= 15 is 0 Å². The summed E-state index contributed by atoms with van der Waals surface area (Å²) in [7, 11) is 0. The maximum atomic E-state index is 5.92. The predicted octanol–water partition coefficient (Wildman–Crippen LogP) is 2.89. The molecule has 2 heteroatoms. The highest BCUT2D eigenvalue weighted by Crippen LogP contribution is 2.18. The topological polar surface area (TPSA) is 35.2 Å². The van der Waals surface area contributed by atoms with Crippen molar-refractivity contribution in [1.82, 2.24) is 0 Å². The van der Waals surface area contributed by atoms with Crippen LogP contribution in [-0.4, -0.2) is 6.61 Å². The Hall–Kier alpha value is -1.46. The zero-order valence-corrected chi connectivity index (χ0v) is 9.99. The van der Waals surface area contributed by atoms with Crippen LogP contribution in [0.5, 0.6) is 5.75 Å². The summed E-state index contributed by atoms with van der Waals surface area (Å²) in [6.07, 6.45) is 1.72. The zero-order chi connectivity index (χ0) is 11.8. The van der Waals surface area contributed by atoms with Crippen LogP contribution in [0.15, 0.2) is 24.3 Å². The second-order valence-corrected chi connectivity index (χ2v) is 3.61. The third-order valence-electron chi connectivity index (χ3n) is 2.42. The second-order valence-electron chi connectivity index (χ2n) is 3.61. The molecule has 0 heterocycles. The van der Waals surface area contributed by atoms with Gasteiger partial charge in [0.2, 0.25) is 0 Å². The lowest BCUT2D eigenvalue weighted by atomic mass is 10.1. The quantitative estimate of drug-likeness (QED) is 0.608. The minimum absolute atomic E-state index is 0.125. The van der Waals surface area contributed by atoms with Crippen LogP contribution in [0.2, 0.25) is 0 Å². The molecule has 2 N–H and O–H groups in total. The summed E-state index contributed by atoms with van der Waals surface area (Å²) < 4.78 is 5.53. The van der Waals surface area contributed by atoms with Gasteiger partial charge in [0.15, 0.2) is 0 Å². The lowest BCUT2D eigenvalue weighted by Gasteiger charge is -2.10. The highest BCUT2D eigenvalue weighted by Gasteiger charge is 2.02. The van der Waals surface area contributed by atoms with Gasteiger partial charge in [-0.1, -0.05) is 19.1 Å². The van der Waals surface area contributed by atoms with Crippen molar-refractivity contribution in [3.63, 3.8) is 0 Å².